The first-order valence-corrected chi connectivity index (χ1v) is 7.86. The molecule has 0 saturated carbocycles. The minimum atomic E-state index is -0.183. The fourth-order valence-corrected chi connectivity index (χ4v) is 2.57. The molecular weight excluding hydrogens is 296 g/mol. The number of aryl methyl sites for hydroxylation is 3. The van der Waals surface area contributed by atoms with Crippen LogP contribution in [-0.4, -0.2) is 27.8 Å². The van der Waals surface area contributed by atoms with E-state index in [4.69, 9.17) is 0 Å². The predicted molar refractivity (Wildman–Crippen MR) is 89.1 cm³/mol. The zero-order valence-corrected chi connectivity index (χ0v) is 13.6. The van der Waals surface area contributed by atoms with E-state index in [1.807, 2.05) is 51.1 Å². The summed E-state index contributed by atoms with van der Waals surface area (Å²) >= 11 is 1.30. The van der Waals surface area contributed by atoms with Crippen LogP contribution in [0.1, 0.15) is 22.5 Å². The second kappa shape index (κ2) is 7.70. The van der Waals surface area contributed by atoms with E-state index in [1.54, 1.807) is 6.21 Å². The lowest BCUT2D eigenvalue weighted by Gasteiger charge is -2.02. The monoisotopic (exact) mass is 314 g/mol. The summed E-state index contributed by atoms with van der Waals surface area (Å²) in [5.41, 5.74) is 6.39. The third-order valence-corrected chi connectivity index (χ3v) is 3.72. The van der Waals surface area contributed by atoms with Crippen molar-refractivity contribution < 1.29 is 4.79 Å². The second-order valence-corrected chi connectivity index (χ2v) is 5.81. The molecule has 1 aromatic carbocycles. The van der Waals surface area contributed by atoms with Crippen molar-refractivity contribution in [2.24, 2.45) is 5.10 Å². The summed E-state index contributed by atoms with van der Waals surface area (Å²) in [7, 11) is 0. The van der Waals surface area contributed by atoms with Crippen LogP contribution in [0, 0.1) is 20.8 Å². The zero-order valence-electron chi connectivity index (χ0n) is 12.8. The minimum absolute atomic E-state index is 0.183. The summed E-state index contributed by atoms with van der Waals surface area (Å²) < 4.78 is 0. The molecule has 22 heavy (non-hydrogen) atoms. The molecule has 0 radical (unpaired) electrons. The van der Waals surface area contributed by atoms with Crippen LogP contribution in [0.4, 0.5) is 0 Å². The zero-order chi connectivity index (χ0) is 15.9. The first kappa shape index (κ1) is 16.2. The maximum absolute atomic E-state index is 11.8. The Labute approximate surface area is 134 Å². The number of hydrazone groups is 1. The normalized spacial score (nSPS) is 10.9. The van der Waals surface area contributed by atoms with Crippen LogP contribution in [0.25, 0.3) is 0 Å². The molecule has 114 valence electrons. The maximum Gasteiger partial charge on any atom is 0.250 e. The number of amides is 1. The highest BCUT2D eigenvalue weighted by molar-refractivity contribution is 7.99. The summed E-state index contributed by atoms with van der Waals surface area (Å²) in [6, 6.07) is 9.74. The van der Waals surface area contributed by atoms with Gasteiger partial charge >= 0.3 is 0 Å². The molecule has 0 unspecified atom stereocenters. The summed E-state index contributed by atoms with van der Waals surface area (Å²) in [6.45, 7) is 5.81. The molecule has 0 aliphatic carbocycles. The third kappa shape index (κ3) is 4.96. The fourth-order valence-electron chi connectivity index (χ4n) is 1.83. The molecule has 0 aliphatic rings. The number of aromatic nitrogens is 2. The Kier molecular flexibility index (Phi) is 5.66. The first-order chi connectivity index (χ1) is 10.5. The average molecular weight is 314 g/mol. The van der Waals surface area contributed by atoms with Gasteiger partial charge in [0, 0.05) is 11.4 Å². The molecule has 2 rings (SSSR count). The van der Waals surface area contributed by atoms with Crippen molar-refractivity contribution in [3.63, 3.8) is 0 Å². The Balaban J connectivity index is 1.84. The summed E-state index contributed by atoms with van der Waals surface area (Å²) in [5, 5.41) is 4.58. The number of hydrogen-bond donors (Lipinski definition) is 1. The molecule has 1 amide bonds. The second-order valence-electron chi connectivity index (χ2n) is 4.87. The molecule has 0 bridgehead atoms. The van der Waals surface area contributed by atoms with Gasteiger partial charge in [0.2, 0.25) is 0 Å². The molecule has 5 nitrogen and oxygen atoms in total. The quantitative estimate of drug-likeness (QED) is 0.399. The minimum Gasteiger partial charge on any atom is -0.272 e. The van der Waals surface area contributed by atoms with Crippen LogP contribution in [0.15, 0.2) is 40.6 Å². The number of carbonyl (C=O) groups excluding carboxylic acids is 1. The van der Waals surface area contributed by atoms with Crippen molar-refractivity contribution in [3.05, 3.63) is 52.8 Å². The van der Waals surface area contributed by atoms with Crippen LogP contribution in [0.5, 0.6) is 0 Å². The number of nitrogens with one attached hydrogen (secondary N) is 1. The van der Waals surface area contributed by atoms with Gasteiger partial charge in [-0.25, -0.2) is 15.4 Å². The summed E-state index contributed by atoms with van der Waals surface area (Å²) in [5.74, 6) is 0.0474. The van der Waals surface area contributed by atoms with E-state index in [1.165, 1.54) is 11.8 Å². The fraction of sp³-hybridized carbons (Fsp3) is 0.250. The molecule has 0 saturated heterocycles. The number of benzene rings is 1. The van der Waals surface area contributed by atoms with E-state index in [0.29, 0.717) is 5.16 Å². The van der Waals surface area contributed by atoms with Gasteiger partial charge in [-0.3, -0.25) is 4.79 Å². The predicted octanol–water partition coefficient (Wildman–Crippen LogP) is 2.64. The van der Waals surface area contributed by atoms with Gasteiger partial charge in [0.25, 0.3) is 5.91 Å². The molecule has 0 spiro atoms. The lowest BCUT2D eigenvalue weighted by Crippen LogP contribution is -2.19. The van der Waals surface area contributed by atoms with Gasteiger partial charge in [-0.15, -0.1) is 0 Å². The van der Waals surface area contributed by atoms with E-state index in [0.717, 1.165) is 22.5 Å². The van der Waals surface area contributed by atoms with E-state index in [2.05, 4.69) is 20.5 Å². The SMILES string of the molecule is Cc1cc(C)nc(SCC(=O)N/N=C\c2ccccc2C)n1. The highest BCUT2D eigenvalue weighted by atomic mass is 32.2. The van der Waals surface area contributed by atoms with Gasteiger partial charge in [-0.2, -0.15) is 5.10 Å². The molecular formula is C16H18N4OS. The van der Waals surface area contributed by atoms with Crippen molar-refractivity contribution in [2.45, 2.75) is 25.9 Å². The molecule has 1 aromatic heterocycles. The lowest BCUT2D eigenvalue weighted by molar-refractivity contribution is -0.118. The van der Waals surface area contributed by atoms with Crippen LogP contribution < -0.4 is 5.43 Å². The molecule has 1 heterocycles. The number of carbonyl (C=O) groups is 1. The van der Waals surface area contributed by atoms with Crippen LogP contribution in [0.2, 0.25) is 0 Å². The number of rotatable bonds is 5. The van der Waals surface area contributed by atoms with Crippen molar-refractivity contribution in [1.82, 2.24) is 15.4 Å². The lowest BCUT2D eigenvalue weighted by atomic mass is 10.1. The Morgan fingerprint density at radius 1 is 1.23 bits per heavy atom. The number of hydrogen-bond acceptors (Lipinski definition) is 5. The summed E-state index contributed by atoms with van der Waals surface area (Å²) in [6.07, 6.45) is 1.64. The smallest absolute Gasteiger partial charge is 0.250 e. The number of nitrogens with zero attached hydrogens (tertiary/aromatic N) is 3. The van der Waals surface area contributed by atoms with E-state index < -0.39 is 0 Å². The topological polar surface area (TPSA) is 67.2 Å². The Bertz CT molecular complexity index is 680. The van der Waals surface area contributed by atoms with Crippen molar-refractivity contribution in [3.8, 4) is 0 Å². The van der Waals surface area contributed by atoms with Gasteiger partial charge in [0.05, 0.1) is 12.0 Å². The van der Waals surface area contributed by atoms with E-state index >= 15 is 0 Å². The van der Waals surface area contributed by atoms with Crippen LogP contribution in [0.3, 0.4) is 0 Å². The maximum atomic E-state index is 11.8. The van der Waals surface area contributed by atoms with E-state index in [9.17, 15) is 4.79 Å². The summed E-state index contributed by atoms with van der Waals surface area (Å²) in [4.78, 5) is 20.3. The Morgan fingerprint density at radius 3 is 2.59 bits per heavy atom. The van der Waals surface area contributed by atoms with Crippen molar-refractivity contribution >= 4 is 23.9 Å². The Hall–Kier alpha value is -2.21. The third-order valence-electron chi connectivity index (χ3n) is 2.88. The molecule has 1 N–H and O–H groups in total. The van der Waals surface area contributed by atoms with Gasteiger partial charge in [0.15, 0.2) is 5.16 Å². The van der Waals surface area contributed by atoms with Gasteiger partial charge in [-0.05, 0) is 38.0 Å². The standard InChI is InChI=1S/C16H18N4OS/c1-11-6-4-5-7-14(11)9-17-20-15(21)10-22-16-18-12(2)8-13(3)19-16/h4-9H,10H2,1-3H3,(H,20,21)/b17-9-. The van der Waals surface area contributed by atoms with Gasteiger partial charge < -0.3 is 0 Å². The van der Waals surface area contributed by atoms with Gasteiger partial charge in [0.1, 0.15) is 0 Å². The van der Waals surface area contributed by atoms with Crippen molar-refractivity contribution in [1.29, 1.82) is 0 Å². The highest BCUT2D eigenvalue weighted by Gasteiger charge is 2.05. The Morgan fingerprint density at radius 2 is 1.91 bits per heavy atom. The largest absolute Gasteiger partial charge is 0.272 e. The molecule has 0 fully saturated rings. The van der Waals surface area contributed by atoms with Crippen LogP contribution in [-0.2, 0) is 4.79 Å². The number of thioether (sulfide) groups is 1. The van der Waals surface area contributed by atoms with Crippen LogP contribution >= 0.6 is 11.8 Å². The first-order valence-electron chi connectivity index (χ1n) is 6.87. The average Bonchev–Trinajstić information content (AvgIpc) is 2.46. The molecule has 2 aromatic rings. The highest BCUT2D eigenvalue weighted by Crippen LogP contribution is 2.13. The van der Waals surface area contributed by atoms with Gasteiger partial charge in [-0.1, -0.05) is 36.0 Å². The molecule has 6 heteroatoms. The van der Waals surface area contributed by atoms with E-state index in [-0.39, 0.29) is 11.7 Å². The molecule has 0 aliphatic heterocycles. The molecule has 0 atom stereocenters. The van der Waals surface area contributed by atoms with Crippen molar-refractivity contribution in [2.75, 3.05) is 5.75 Å².